The van der Waals surface area contributed by atoms with Crippen LogP contribution in [0.1, 0.15) is 354 Å². The van der Waals surface area contributed by atoms with Crippen molar-refractivity contribution in [1.82, 2.24) is 74.4 Å². The lowest BCUT2D eigenvalue weighted by atomic mass is 9.72. The molecule has 0 aromatic rings. The molecule has 0 saturated carbocycles. The maximum Gasteiger partial charge on any atom is 0.216 e. The lowest BCUT2D eigenvalue weighted by Crippen LogP contribution is -2.27. The van der Waals surface area contributed by atoms with Crippen LogP contribution in [0.5, 0.6) is 0 Å². The van der Waals surface area contributed by atoms with Crippen molar-refractivity contribution in [2.45, 2.75) is 354 Å². The van der Waals surface area contributed by atoms with Gasteiger partial charge in [0.05, 0.1) is 0 Å². The summed E-state index contributed by atoms with van der Waals surface area (Å²) in [5, 5.41) is 42.7. The fourth-order valence-corrected chi connectivity index (χ4v) is 18.8. The van der Waals surface area contributed by atoms with Gasteiger partial charge in [-0.2, -0.15) is 0 Å². The number of amides is 14. The number of nitrogens with one attached hydrogen (secondary N) is 14. The molecule has 0 bridgehead atoms. The van der Waals surface area contributed by atoms with Gasteiger partial charge in [0.2, 0.25) is 82.7 Å². The van der Waals surface area contributed by atoms with Gasteiger partial charge in [-0.05, 0) is 224 Å². The van der Waals surface area contributed by atoms with Gasteiger partial charge in [0.25, 0.3) is 0 Å². The molecule has 0 rings (SSSR count). The number of carbonyl (C=O) groups excluding carboxylic acids is 14. The monoisotopic (exact) mass is 1810 g/mol. The molecule has 742 valence electrons. The van der Waals surface area contributed by atoms with Gasteiger partial charge < -0.3 is 85.9 Å². The SMILES string of the molecule is CC(=O)NCCC(CCN)CCC(CCC(CCNC(C)=O)CCNC(C)=O)CCC(CCC(CCC(CCNC(C)=O)CCNC(C)=O)CCC(CCNC(C)=O)CCNC(C)=O)C(CCC(CCC(CCN)CCNC(C)=O)CCC(CCNC(C)=O)CCNC(C)=O)CCC(CCC(CCNC(C)=O)CCNC(C)=O)CCC(CCNC(C)=O)CCNC(C)=O. The Balaban J connectivity index is 9.89. The molecular weight excluding hydrogens is 1630 g/mol. The Bertz CT molecular complexity index is 2650. The minimum absolute atomic E-state index is 0.0776. The molecule has 6 unspecified atom stereocenters. The third-order valence-corrected chi connectivity index (χ3v) is 26.4. The molecule has 18 N–H and O–H groups in total. The quantitative estimate of drug-likeness (QED) is 0.0269. The van der Waals surface area contributed by atoms with E-state index in [0.717, 1.165) is 257 Å². The second-order valence-corrected chi connectivity index (χ2v) is 37.8. The fraction of sp³-hybridized carbons (Fsp3) is 0.857. The number of carbonyl (C=O) groups is 14. The first-order chi connectivity index (χ1) is 61.0. The van der Waals surface area contributed by atoms with Gasteiger partial charge in [0, 0.05) is 189 Å². The van der Waals surface area contributed by atoms with Crippen LogP contribution in [0.3, 0.4) is 0 Å². The van der Waals surface area contributed by atoms with E-state index in [4.69, 9.17) is 11.5 Å². The standard InChI is InChI=1S/C98H186N16O14/c1-71(115)101-57-41-89(39-55-99)23-15-85(17-25-91(43-59-103-73(3)117)44-60-104-74(4)118)31-35-97(37-33-87(19-27-93(47-63-107-77(7)121)48-64-108-78(8)122)20-28-94(49-65-109-79(9)123)50-66-110-80(10)124)98(36-32-86(16-24-90(40-56-100)42-58-102-72(2)116)18-26-92(45-61-105-75(5)119)46-62-106-76(6)120)38-34-88(21-29-95(51-67-111-81(11)125)52-68-112-82(12)126)22-30-96(53-69-113-83(13)127)54-70-114-84(14)128/h85-98H,15-70,99-100H2,1-14H3,(H,101,115)(H,102,116)(H,103,117)(H,104,118)(H,105,119)(H,106,120)(H,107,121)(H,108,122)(H,109,123)(H,110,124)(H,111,125)(H,112,126)(H,113,127)(H,114,128). The maximum atomic E-state index is 12.5. The van der Waals surface area contributed by atoms with Crippen LogP contribution in [-0.4, -0.2) is 187 Å². The highest BCUT2D eigenvalue weighted by Gasteiger charge is 2.31. The minimum atomic E-state index is -0.103. The van der Waals surface area contributed by atoms with Crippen LogP contribution in [0.15, 0.2) is 0 Å². The zero-order valence-electron chi connectivity index (χ0n) is 82.6. The van der Waals surface area contributed by atoms with Gasteiger partial charge in [-0.15, -0.1) is 0 Å². The Morgan fingerprint density at radius 1 is 0.133 bits per heavy atom. The third kappa shape index (κ3) is 76.2. The molecule has 6 atom stereocenters. The van der Waals surface area contributed by atoms with Crippen LogP contribution in [-0.2, 0) is 67.1 Å². The van der Waals surface area contributed by atoms with Crippen LogP contribution in [0.2, 0.25) is 0 Å². The van der Waals surface area contributed by atoms with Crippen molar-refractivity contribution in [1.29, 1.82) is 0 Å². The molecule has 0 fully saturated rings. The molecule has 0 aliphatic heterocycles. The van der Waals surface area contributed by atoms with E-state index < -0.39 is 0 Å². The van der Waals surface area contributed by atoms with Crippen molar-refractivity contribution in [3.8, 4) is 0 Å². The number of nitrogens with two attached hydrogens (primary N) is 2. The Morgan fingerprint density at radius 3 is 0.297 bits per heavy atom. The van der Waals surface area contributed by atoms with Crippen molar-refractivity contribution in [2.75, 3.05) is 105 Å². The Morgan fingerprint density at radius 2 is 0.211 bits per heavy atom. The van der Waals surface area contributed by atoms with Crippen LogP contribution in [0, 0.1) is 82.9 Å². The summed E-state index contributed by atoms with van der Waals surface area (Å²) >= 11 is 0. The van der Waals surface area contributed by atoms with Crippen molar-refractivity contribution in [3.63, 3.8) is 0 Å². The summed E-state index contributed by atoms with van der Waals surface area (Å²) < 4.78 is 0. The van der Waals surface area contributed by atoms with Gasteiger partial charge in [0.1, 0.15) is 0 Å². The van der Waals surface area contributed by atoms with Gasteiger partial charge in [-0.3, -0.25) is 67.1 Å². The summed E-state index contributed by atoms with van der Waals surface area (Å²) in [6, 6.07) is 0. The van der Waals surface area contributed by atoms with E-state index in [-0.39, 0.29) is 166 Å². The molecule has 0 aromatic heterocycles. The Kier molecular flexibility index (Phi) is 73.6. The predicted octanol–water partition coefficient (Wildman–Crippen LogP) is 11.0. The van der Waals surface area contributed by atoms with E-state index in [9.17, 15) is 67.1 Å². The smallest absolute Gasteiger partial charge is 0.216 e. The zero-order valence-corrected chi connectivity index (χ0v) is 82.6. The predicted molar refractivity (Wildman–Crippen MR) is 513 cm³/mol. The molecule has 0 saturated heterocycles. The highest BCUT2D eigenvalue weighted by Crippen LogP contribution is 2.42. The van der Waals surface area contributed by atoms with Gasteiger partial charge in [0.15, 0.2) is 0 Å². The molecule has 30 heteroatoms. The van der Waals surface area contributed by atoms with E-state index in [0.29, 0.717) is 105 Å². The summed E-state index contributed by atoms with van der Waals surface area (Å²) in [5.74, 6) is 1.71. The molecular formula is C98H186N16O14. The van der Waals surface area contributed by atoms with Crippen LogP contribution >= 0.6 is 0 Å². The second-order valence-electron chi connectivity index (χ2n) is 37.8. The van der Waals surface area contributed by atoms with Crippen LogP contribution in [0.25, 0.3) is 0 Å². The van der Waals surface area contributed by atoms with E-state index in [1.165, 1.54) is 83.1 Å². The molecule has 30 nitrogen and oxygen atoms in total. The highest BCUT2D eigenvalue weighted by molar-refractivity contribution is 5.77. The van der Waals surface area contributed by atoms with Crippen LogP contribution < -0.4 is 85.9 Å². The summed E-state index contributed by atoms with van der Waals surface area (Å²) in [6.07, 6.45) is 33.8. The number of hydrogen-bond acceptors (Lipinski definition) is 16. The second kappa shape index (κ2) is 78.2. The average Bonchev–Trinajstić information content (AvgIpc) is 0.873. The van der Waals surface area contributed by atoms with E-state index in [1.54, 1.807) is 13.8 Å². The molecule has 0 spiro atoms. The largest absolute Gasteiger partial charge is 0.356 e. The molecule has 0 aromatic carbocycles. The lowest BCUT2D eigenvalue weighted by molar-refractivity contribution is -0.120. The molecule has 128 heavy (non-hydrogen) atoms. The van der Waals surface area contributed by atoms with Crippen LogP contribution in [0.4, 0.5) is 0 Å². The van der Waals surface area contributed by atoms with Gasteiger partial charge in [-0.1, -0.05) is 128 Å². The molecule has 14 amide bonds. The first-order valence-corrected chi connectivity index (χ1v) is 49.8. The van der Waals surface area contributed by atoms with Crippen molar-refractivity contribution < 1.29 is 67.1 Å². The lowest BCUT2D eigenvalue weighted by Gasteiger charge is -2.34. The van der Waals surface area contributed by atoms with Gasteiger partial charge >= 0.3 is 0 Å². The Labute approximate surface area is 773 Å². The normalized spacial score (nSPS) is 12.9. The van der Waals surface area contributed by atoms with Gasteiger partial charge in [-0.25, -0.2) is 0 Å². The number of hydrogen-bond donors (Lipinski definition) is 16. The zero-order chi connectivity index (χ0) is 95.7. The van der Waals surface area contributed by atoms with Crippen molar-refractivity contribution in [3.05, 3.63) is 0 Å². The topological polar surface area (TPSA) is 459 Å². The fourth-order valence-electron chi connectivity index (χ4n) is 18.8. The van der Waals surface area contributed by atoms with E-state index in [1.807, 2.05) is 0 Å². The summed E-state index contributed by atoms with van der Waals surface area (Å²) in [6.45, 7) is 29.7. The first-order valence-electron chi connectivity index (χ1n) is 49.8. The van der Waals surface area contributed by atoms with Crippen molar-refractivity contribution >= 4 is 82.7 Å². The molecule has 0 aliphatic rings. The van der Waals surface area contributed by atoms with E-state index in [2.05, 4.69) is 74.4 Å². The third-order valence-electron chi connectivity index (χ3n) is 26.4. The first kappa shape index (κ1) is 120. The average molecular weight is 1810 g/mol. The summed E-state index contributed by atoms with van der Waals surface area (Å²) in [5.41, 5.74) is 12.9. The minimum Gasteiger partial charge on any atom is -0.356 e. The molecule has 0 heterocycles. The number of rotatable bonds is 83. The Hall–Kier alpha value is -7.50. The van der Waals surface area contributed by atoms with Crippen molar-refractivity contribution in [2.24, 2.45) is 94.3 Å². The molecule has 0 radical (unpaired) electrons. The molecule has 0 aliphatic carbocycles. The summed E-state index contributed by atoms with van der Waals surface area (Å²) in [7, 11) is 0. The highest BCUT2D eigenvalue weighted by atomic mass is 16.2. The summed E-state index contributed by atoms with van der Waals surface area (Å²) in [4.78, 5) is 174. The van der Waals surface area contributed by atoms with E-state index >= 15 is 0 Å². The maximum absolute atomic E-state index is 12.5.